The second kappa shape index (κ2) is 4.53. The number of aromatic nitrogens is 1. The molecule has 0 amide bonds. The summed E-state index contributed by atoms with van der Waals surface area (Å²) in [6.07, 6.45) is 0. The summed E-state index contributed by atoms with van der Waals surface area (Å²) in [6.45, 7) is 1.98. The first-order chi connectivity index (χ1) is 7.31. The first-order valence-corrected chi connectivity index (χ1v) is 5.62. The summed E-state index contributed by atoms with van der Waals surface area (Å²) in [5.74, 6) is 5.56. The van der Waals surface area contributed by atoms with Gasteiger partial charge in [0.25, 0.3) is 0 Å². The van der Waals surface area contributed by atoms with Gasteiger partial charge in [0.2, 0.25) is 0 Å². The van der Waals surface area contributed by atoms with E-state index in [1.54, 1.807) is 11.3 Å². The maximum atomic E-state index is 5.56. The molecule has 0 fully saturated rings. The molecular weight excluding hydrogens is 206 g/mol. The summed E-state index contributed by atoms with van der Waals surface area (Å²) >= 11 is 1.67. The fourth-order valence-corrected chi connectivity index (χ4v) is 2.29. The lowest BCUT2D eigenvalue weighted by Gasteiger charge is -2.13. The molecule has 3 nitrogen and oxygen atoms in total. The molecule has 2 aromatic heterocycles. The molecule has 0 radical (unpaired) electrons. The number of hydrogen-bond acceptors (Lipinski definition) is 4. The highest BCUT2D eigenvalue weighted by Gasteiger charge is 2.14. The number of hydrogen-bond donors (Lipinski definition) is 2. The third-order valence-electron chi connectivity index (χ3n) is 2.20. The van der Waals surface area contributed by atoms with Crippen LogP contribution in [0, 0.1) is 6.92 Å². The Kier molecular flexibility index (Phi) is 3.11. The SMILES string of the molecule is Cc1cccc(C(NN)c2cccs2)n1. The lowest BCUT2D eigenvalue weighted by molar-refractivity contribution is 0.628. The zero-order chi connectivity index (χ0) is 10.7. The lowest BCUT2D eigenvalue weighted by Crippen LogP contribution is -2.28. The van der Waals surface area contributed by atoms with E-state index in [9.17, 15) is 0 Å². The van der Waals surface area contributed by atoms with Crippen LogP contribution in [-0.4, -0.2) is 4.98 Å². The zero-order valence-corrected chi connectivity index (χ0v) is 9.29. The van der Waals surface area contributed by atoms with Gasteiger partial charge in [0, 0.05) is 10.6 Å². The summed E-state index contributed by atoms with van der Waals surface area (Å²) < 4.78 is 0. The zero-order valence-electron chi connectivity index (χ0n) is 8.47. The van der Waals surface area contributed by atoms with Crippen molar-refractivity contribution in [1.82, 2.24) is 10.4 Å². The van der Waals surface area contributed by atoms with Crippen LogP contribution in [0.2, 0.25) is 0 Å². The standard InChI is InChI=1S/C11H13N3S/c1-8-4-2-5-9(13-8)11(14-12)10-6-3-7-15-10/h2-7,11,14H,12H2,1H3. The van der Waals surface area contributed by atoms with Gasteiger partial charge < -0.3 is 0 Å². The molecule has 0 aliphatic rings. The average molecular weight is 219 g/mol. The smallest absolute Gasteiger partial charge is 0.0973 e. The van der Waals surface area contributed by atoms with E-state index in [-0.39, 0.29) is 6.04 Å². The largest absolute Gasteiger partial charge is 0.270 e. The van der Waals surface area contributed by atoms with E-state index in [1.807, 2.05) is 36.6 Å². The van der Waals surface area contributed by atoms with Crippen LogP contribution in [0.15, 0.2) is 35.7 Å². The maximum Gasteiger partial charge on any atom is 0.0973 e. The Bertz CT molecular complexity index is 425. The normalized spacial score (nSPS) is 12.7. The number of thiophene rings is 1. The fraction of sp³-hybridized carbons (Fsp3) is 0.182. The Morgan fingerprint density at radius 3 is 2.80 bits per heavy atom. The molecule has 0 aliphatic carbocycles. The van der Waals surface area contributed by atoms with Crippen molar-refractivity contribution in [2.24, 2.45) is 5.84 Å². The third-order valence-corrected chi connectivity index (χ3v) is 3.14. The van der Waals surface area contributed by atoms with Crippen LogP contribution >= 0.6 is 11.3 Å². The van der Waals surface area contributed by atoms with Crippen molar-refractivity contribution in [2.75, 3.05) is 0 Å². The van der Waals surface area contributed by atoms with Gasteiger partial charge in [0.05, 0.1) is 11.7 Å². The first kappa shape index (κ1) is 10.3. The lowest BCUT2D eigenvalue weighted by atomic mass is 10.1. The number of nitrogens with zero attached hydrogens (tertiary/aromatic N) is 1. The van der Waals surface area contributed by atoms with Crippen LogP contribution in [0.25, 0.3) is 0 Å². The van der Waals surface area contributed by atoms with Gasteiger partial charge in [-0.15, -0.1) is 11.3 Å². The molecule has 0 aromatic carbocycles. The molecule has 1 atom stereocenters. The number of nitrogens with two attached hydrogens (primary N) is 1. The van der Waals surface area contributed by atoms with E-state index in [2.05, 4.69) is 16.5 Å². The summed E-state index contributed by atoms with van der Waals surface area (Å²) in [6, 6.07) is 10.0. The molecule has 15 heavy (non-hydrogen) atoms. The maximum absolute atomic E-state index is 5.56. The van der Waals surface area contributed by atoms with Gasteiger partial charge in [-0.25, -0.2) is 5.43 Å². The van der Waals surface area contributed by atoms with Crippen LogP contribution in [0.3, 0.4) is 0 Å². The van der Waals surface area contributed by atoms with Crippen LogP contribution in [0.4, 0.5) is 0 Å². The monoisotopic (exact) mass is 219 g/mol. The number of pyridine rings is 1. The van der Waals surface area contributed by atoms with Gasteiger partial charge in [-0.05, 0) is 30.5 Å². The van der Waals surface area contributed by atoms with Crippen LogP contribution < -0.4 is 11.3 Å². The molecule has 0 aliphatic heterocycles. The van der Waals surface area contributed by atoms with Crippen LogP contribution in [0.1, 0.15) is 22.3 Å². The Hall–Kier alpha value is -1.23. The highest BCUT2D eigenvalue weighted by Crippen LogP contribution is 2.23. The Labute approximate surface area is 92.9 Å². The molecular formula is C11H13N3S. The summed E-state index contributed by atoms with van der Waals surface area (Å²) in [5, 5.41) is 2.04. The minimum atomic E-state index is -0.00935. The molecule has 4 heteroatoms. The third kappa shape index (κ3) is 2.23. The Morgan fingerprint density at radius 2 is 2.20 bits per heavy atom. The van der Waals surface area contributed by atoms with Crippen LogP contribution in [-0.2, 0) is 0 Å². The van der Waals surface area contributed by atoms with Crippen molar-refractivity contribution in [2.45, 2.75) is 13.0 Å². The Morgan fingerprint density at radius 1 is 1.33 bits per heavy atom. The van der Waals surface area contributed by atoms with Crippen molar-refractivity contribution >= 4 is 11.3 Å². The van der Waals surface area contributed by atoms with Gasteiger partial charge in [0.15, 0.2) is 0 Å². The minimum absolute atomic E-state index is 0.00935. The second-order valence-corrected chi connectivity index (χ2v) is 4.30. The minimum Gasteiger partial charge on any atom is -0.270 e. The van der Waals surface area contributed by atoms with E-state index >= 15 is 0 Å². The Balaban J connectivity index is 2.35. The summed E-state index contributed by atoms with van der Waals surface area (Å²) in [4.78, 5) is 5.64. The van der Waals surface area contributed by atoms with Crippen molar-refractivity contribution in [3.8, 4) is 0 Å². The summed E-state index contributed by atoms with van der Waals surface area (Å²) in [5.41, 5.74) is 4.76. The van der Waals surface area contributed by atoms with Gasteiger partial charge >= 0.3 is 0 Å². The number of rotatable bonds is 3. The van der Waals surface area contributed by atoms with Gasteiger partial charge in [0.1, 0.15) is 0 Å². The molecule has 0 spiro atoms. The van der Waals surface area contributed by atoms with Crippen molar-refractivity contribution in [3.63, 3.8) is 0 Å². The highest BCUT2D eigenvalue weighted by molar-refractivity contribution is 7.10. The molecule has 0 saturated heterocycles. The van der Waals surface area contributed by atoms with Crippen molar-refractivity contribution < 1.29 is 0 Å². The van der Waals surface area contributed by atoms with E-state index in [0.717, 1.165) is 11.4 Å². The van der Waals surface area contributed by atoms with E-state index < -0.39 is 0 Å². The second-order valence-electron chi connectivity index (χ2n) is 3.32. The average Bonchev–Trinajstić information content (AvgIpc) is 2.72. The molecule has 0 saturated carbocycles. The molecule has 78 valence electrons. The van der Waals surface area contributed by atoms with Crippen molar-refractivity contribution in [1.29, 1.82) is 0 Å². The van der Waals surface area contributed by atoms with Gasteiger partial charge in [-0.3, -0.25) is 10.8 Å². The first-order valence-electron chi connectivity index (χ1n) is 4.74. The van der Waals surface area contributed by atoms with E-state index in [0.29, 0.717) is 0 Å². The predicted molar refractivity (Wildman–Crippen MR) is 62.5 cm³/mol. The van der Waals surface area contributed by atoms with E-state index in [4.69, 9.17) is 5.84 Å². The predicted octanol–water partition coefficient (Wildman–Crippen LogP) is 2.00. The van der Waals surface area contributed by atoms with Gasteiger partial charge in [-0.2, -0.15) is 0 Å². The van der Waals surface area contributed by atoms with Crippen molar-refractivity contribution in [3.05, 3.63) is 52.0 Å². The molecule has 3 N–H and O–H groups in total. The summed E-state index contributed by atoms with van der Waals surface area (Å²) in [7, 11) is 0. The van der Waals surface area contributed by atoms with E-state index in [1.165, 1.54) is 4.88 Å². The number of aryl methyl sites for hydroxylation is 1. The van der Waals surface area contributed by atoms with Gasteiger partial charge in [-0.1, -0.05) is 12.1 Å². The molecule has 2 aromatic rings. The molecule has 0 bridgehead atoms. The topological polar surface area (TPSA) is 50.9 Å². The van der Waals surface area contributed by atoms with Crippen LogP contribution in [0.5, 0.6) is 0 Å². The molecule has 2 rings (SSSR count). The number of hydrazine groups is 1. The highest BCUT2D eigenvalue weighted by atomic mass is 32.1. The fourth-order valence-electron chi connectivity index (χ4n) is 1.49. The quantitative estimate of drug-likeness (QED) is 0.613. The molecule has 2 heterocycles. The molecule has 1 unspecified atom stereocenters. The number of nitrogens with one attached hydrogen (secondary N) is 1.